The average molecular weight is 353 g/mol. The van der Waals surface area contributed by atoms with Crippen LogP contribution in [0.15, 0.2) is 42.5 Å². The zero-order chi connectivity index (χ0) is 17.9. The molecule has 0 saturated heterocycles. The Morgan fingerprint density at radius 1 is 1.23 bits per heavy atom. The second-order valence-electron chi connectivity index (χ2n) is 6.58. The lowest BCUT2D eigenvalue weighted by atomic mass is 9.88. The number of hydrogen-bond donors (Lipinski definition) is 1. The van der Waals surface area contributed by atoms with Crippen LogP contribution in [0.5, 0.6) is 5.75 Å². The van der Waals surface area contributed by atoms with E-state index in [-0.39, 0.29) is 24.6 Å². The van der Waals surface area contributed by atoms with Gasteiger partial charge in [-0.1, -0.05) is 24.3 Å². The fraction of sp³-hybridized carbons (Fsp3) is 0.286. The zero-order valence-electron chi connectivity index (χ0n) is 14.3. The van der Waals surface area contributed by atoms with Crippen molar-refractivity contribution in [1.29, 1.82) is 0 Å². The van der Waals surface area contributed by atoms with Gasteiger partial charge in [0.05, 0.1) is 12.6 Å². The molecule has 1 unspecified atom stereocenters. The standard InChI is InChI=1S/C21H20FNO3/c22-17-10-15(21-16(11-17)12-25-13-26-21)8-9-20(24)23-19-7-3-5-14-4-1-2-6-18(14)19/h1-2,4,6,8-11,19H,3,5,7,12-13H2,(H,23,24). The van der Waals surface area contributed by atoms with Crippen molar-refractivity contribution in [3.05, 3.63) is 70.5 Å². The van der Waals surface area contributed by atoms with Gasteiger partial charge in [0, 0.05) is 17.2 Å². The normalized spacial score (nSPS) is 18.7. The predicted molar refractivity (Wildman–Crippen MR) is 96.0 cm³/mol. The van der Waals surface area contributed by atoms with Gasteiger partial charge in [-0.3, -0.25) is 4.79 Å². The van der Waals surface area contributed by atoms with Gasteiger partial charge < -0.3 is 14.8 Å². The number of amides is 1. The molecule has 5 heteroatoms. The van der Waals surface area contributed by atoms with E-state index in [9.17, 15) is 9.18 Å². The highest BCUT2D eigenvalue weighted by Gasteiger charge is 2.21. The minimum Gasteiger partial charge on any atom is -0.467 e. The Labute approximate surface area is 151 Å². The molecule has 2 aliphatic rings. The van der Waals surface area contributed by atoms with Crippen LogP contribution in [0.25, 0.3) is 6.08 Å². The number of hydrogen-bond acceptors (Lipinski definition) is 3. The van der Waals surface area contributed by atoms with E-state index >= 15 is 0 Å². The SMILES string of the molecule is O=C(C=Cc1cc(F)cc2c1OCOC2)NC1CCCc2ccccc21. The lowest BCUT2D eigenvalue weighted by Crippen LogP contribution is -2.29. The summed E-state index contributed by atoms with van der Waals surface area (Å²) in [4.78, 5) is 12.4. The van der Waals surface area contributed by atoms with E-state index in [0.29, 0.717) is 23.5 Å². The van der Waals surface area contributed by atoms with Gasteiger partial charge in [-0.2, -0.15) is 0 Å². The predicted octanol–water partition coefficient (Wildman–Crippen LogP) is 3.90. The molecule has 0 fully saturated rings. The number of halogens is 1. The lowest BCUT2D eigenvalue weighted by Gasteiger charge is -2.25. The number of nitrogens with one attached hydrogen (secondary N) is 1. The van der Waals surface area contributed by atoms with Gasteiger partial charge in [-0.15, -0.1) is 0 Å². The molecule has 0 saturated carbocycles. The summed E-state index contributed by atoms with van der Waals surface area (Å²) in [5, 5.41) is 3.05. The monoisotopic (exact) mass is 353 g/mol. The van der Waals surface area contributed by atoms with Crippen molar-refractivity contribution in [3.8, 4) is 5.75 Å². The number of carbonyl (C=O) groups excluding carboxylic acids is 1. The van der Waals surface area contributed by atoms with Gasteiger partial charge in [-0.25, -0.2) is 4.39 Å². The molecule has 1 heterocycles. The Morgan fingerprint density at radius 2 is 2.12 bits per heavy atom. The third-order valence-corrected chi connectivity index (χ3v) is 4.80. The maximum Gasteiger partial charge on any atom is 0.244 e. The molecule has 1 aliphatic heterocycles. The van der Waals surface area contributed by atoms with E-state index in [1.807, 2.05) is 12.1 Å². The van der Waals surface area contributed by atoms with Crippen molar-refractivity contribution >= 4 is 12.0 Å². The number of ether oxygens (including phenoxy) is 2. The first-order chi connectivity index (χ1) is 12.7. The summed E-state index contributed by atoms with van der Waals surface area (Å²) in [7, 11) is 0. The molecule has 1 aliphatic carbocycles. The highest BCUT2D eigenvalue weighted by Crippen LogP contribution is 2.31. The number of fused-ring (bicyclic) bond motifs is 2. The Bertz CT molecular complexity index is 862. The minimum absolute atomic E-state index is 0.0168. The van der Waals surface area contributed by atoms with E-state index in [0.717, 1.165) is 19.3 Å². The van der Waals surface area contributed by atoms with Crippen LogP contribution in [0.4, 0.5) is 4.39 Å². The van der Waals surface area contributed by atoms with E-state index in [4.69, 9.17) is 9.47 Å². The van der Waals surface area contributed by atoms with Gasteiger partial charge in [0.2, 0.25) is 5.91 Å². The molecule has 0 spiro atoms. The van der Waals surface area contributed by atoms with Crippen molar-refractivity contribution in [2.45, 2.75) is 31.9 Å². The summed E-state index contributed by atoms with van der Waals surface area (Å²) in [5.41, 5.74) is 3.67. The Hall–Kier alpha value is -2.66. The molecule has 1 amide bonds. The lowest BCUT2D eigenvalue weighted by molar-refractivity contribution is -0.117. The van der Waals surface area contributed by atoms with Crippen molar-refractivity contribution in [3.63, 3.8) is 0 Å². The minimum atomic E-state index is -0.376. The molecule has 0 bridgehead atoms. The molecule has 2 aromatic carbocycles. The summed E-state index contributed by atoms with van der Waals surface area (Å²) in [6, 6.07) is 11.0. The van der Waals surface area contributed by atoms with E-state index in [2.05, 4.69) is 17.4 Å². The van der Waals surface area contributed by atoms with Crippen LogP contribution >= 0.6 is 0 Å². The van der Waals surface area contributed by atoms with Gasteiger partial charge in [-0.05, 0) is 48.6 Å². The third-order valence-electron chi connectivity index (χ3n) is 4.80. The van der Waals surface area contributed by atoms with Crippen LogP contribution in [-0.2, 0) is 22.6 Å². The molecule has 4 rings (SSSR count). The third kappa shape index (κ3) is 3.48. The second kappa shape index (κ2) is 7.30. The molecule has 2 aromatic rings. The fourth-order valence-corrected chi connectivity index (χ4v) is 3.62. The second-order valence-corrected chi connectivity index (χ2v) is 6.58. The van der Waals surface area contributed by atoms with Crippen LogP contribution in [0, 0.1) is 5.82 Å². The summed E-state index contributed by atoms with van der Waals surface area (Å²) in [6.07, 6.45) is 6.05. The van der Waals surface area contributed by atoms with Crippen LogP contribution in [0.3, 0.4) is 0 Å². The first-order valence-corrected chi connectivity index (χ1v) is 8.80. The quantitative estimate of drug-likeness (QED) is 0.852. The topological polar surface area (TPSA) is 47.6 Å². The maximum atomic E-state index is 13.8. The zero-order valence-corrected chi connectivity index (χ0v) is 14.3. The number of carbonyl (C=O) groups is 1. The van der Waals surface area contributed by atoms with Crippen LogP contribution in [0.2, 0.25) is 0 Å². The van der Waals surface area contributed by atoms with Crippen LogP contribution in [-0.4, -0.2) is 12.7 Å². The van der Waals surface area contributed by atoms with Crippen LogP contribution < -0.4 is 10.1 Å². The Kier molecular flexibility index (Phi) is 4.71. The molecular weight excluding hydrogens is 333 g/mol. The molecular formula is C21H20FNO3. The van der Waals surface area contributed by atoms with Crippen molar-refractivity contribution in [2.24, 2.45) is 0 Å². The van der Waals surface area contributed by atoms with E-state index in [1.54, 1.807) is 6.08 Å². The molecule has 0 aromatic heterocycles. The summed E-state index contributed by atoms with van der Waals surface area (Å²) >= 11 is 0. The van der Waals surface area contributed by atoms with Crippen molar-refractivity contribution < 1.29 is 18.7 Å². The molecule has 1 atom stereocenters. The average Bonchev–Trinajstić information content (AvgIpc) is 2.66. The van der Waals surface area contributed by atoms with E-state index in [1.165, 1.54) is 29.3 Å². The smallest absolute Gasteiger partial charge is 0.244 e. The summed E-state index contributed by atoms with van der Waals surface area (Å²) in [5.74, 6) is 0.000557. The first-order valence-electron chi connectivity index (χ1n) is 8.80. The maximum absolute atomic E-state index is 13.8. The summed E-state index contributed by atoms with van der Waals surface area (Å²) < 4.78 is 24.4. The van der Waals surface area contributed by atoms with Crippen molar-refractivity contribution in [1.82, 2.24) is 5.32 Å². The van der Waals surface area contributed by atoms with Gasteiger partial charge >= 0.3 is 0 Å². The van der Waals surface area contributed by atoms with E-state index < -0.39 is 0 Å². The molecule has 0 radical (unpaired) electrons. The van der Waals surface area contributed by atoms with Crippen molar-refractivity contribution in [2.75, 3.05) is 6.79 Å². The highest BCUT2D eigenvalue weighted by atomic mass is 19.1. The Balaban J connectivity index is 1.50. The molecule has 26 heavy (non-hydrogen) atoms. The molecule has 1 N–H and O–H groups in total. The summed E-state index contributed by atoms with van der Waals surface area (Å²) in [6.45, 7) is 0.434. The number of aryl methyl sites for hydroxylation is 1. The number of benzene rings is 2. The van der Waals surface area contributed by atoms with Gasteiger partial charge in [0.1, 0.15) is 11.6 Å². The number of rotatable bonds is 3. The largest absolute Gasteiger partial charge is 0.467 e. The highest BCUT2D eigenvalue weighted by molar-refractivity contribution is 5.92. The van der Waals surface area contributed by atoms with Gasteiger partial charge in [0.15, 0.2) is 6.79 Å². The fourth-order valence-electron chi connectivity index (χ4n) is 3.62. The van der Waals surface area contributed by atoms with Gasteiger partial charge in [0.25, 0.3) is 0 Å². The molecule has 134 valence electrons. The molecule has 4 nitrogen and oxygen atoms in total. The van der Waals surface area contributed by atoms with Crippen LogP contribution in [0.1, 0.15) is 41.1 Å². The Morgan fingerprint density at radius 3 is 3.04 bits per heavy atom. The first kappa shape index (κ1) is 16.8.